The lowest BCUT2D eigenvalue weighted by Crippen LogP contribution is -2.50. The van der Waals surface area contributed by atoms with E-state index < -0.39 is 11.6 Å². The number of alkyl halides is 3. The average Bonchev–Trinajstić information content (AvgIpc) is 3.47. The van der Waals surface area contributed by atoms with Crippen molar-refractivity contribution in [3.63, 3.8) is 0 Å². The molecule has 0 saturated heterocycles. The second-order valence-corrected chi connectivity index (χ2v) is 9.68. The minimum atomic E-state index is -4.36. The highest BCUT2D eigenvalue weighted by Gasteiger charge is 2.62. The maximum absolute atomic E-state index is 14.0. The molecule has 6 rings (SSSR count). The maximum atomic E-state index is 14.0. The molecule has 2 aliphatic rings. The number of hydrogen-bond donors (Lipinski definition) is 1. The Hall–Kier alpha value is -2.99. The highest BCUT2D eigenvalue weighted by molar-refractivity contribution is 7.59. The third-order valence-electron chi connectivity index (χ3n) is 7.17. The van der Waals surface area contributed by atoms with Crippen LogP contribution >= 0.6 is 25.1 Å². The fourth-order valence-corrected chi connectivity index (χ4v) is 5.27. The number of nitrogens with one attached hydrogen (secondary N) is 1. The van der Waals surface area contributed by atoms with Crippen LogP contribution in [0.2, 0.25) is 5.02 Å². The summed E-state index contributed by atoms with van der Waals surface area (Å²) in [6.07, 6.45) is 1.48. The lowest BCUT2D eigenvalue weighted by atomic mass is 9.67. The molecule has 0 unspecified atom stereocenters. The van der Waals surface area contributed by atoms with Crippen molar-refractivity contribution in [3.05, 3.63) is 47.6 Å². The summed E-state index contributed by atoms with van der Waals surface area (Å²) >= 11 is 6.51. The molecule has 1 aliphatic heterocycles. The van der Waals surface area contributed by atoms with Crippen molar-refractivity contribution >= 4 is 36.7 Å². The number of fused-ring (bicyclic) bond motifs is 3. The van der Waals surface area contributed by atoms with Crippen molar-refractivity contribution in [2.75, 3.05) is 5.32 Å². The topological polar surface area (TPSA) is 78.4 Å². The molecule has 0 bridgehead atoms. The molecule has 1 aliphatic carbocycles. The quantitative estimate of drug-likeness (QED) is 0.367. The van der Waals surface area contributed by atoms with Crippen LogP contribution in [0.3, 0.4) is 0 Å². The molecule has 36 heavy (non-hydrogen) atoms. The van der Waals surface area contributed by atoms with Crippen molar-refractivity contribution < 1.29 is 13.2 Å². The van der Waals surface area contributed by atoms with Gasteiger partial charge in [0.15, 0.2) is 5.82 Å². The van der Waals surface area contributed by atoms with E-state index in [1.165, 1.54) is 0 Å². The van der Waals surface area contributed by atoms with Crippen LogP contribution in [0.25, 0.3) is 22.6 Å². The Labute approximate surface area is 216 Å². The molecule has 1 N–H and O–H groups in total. The van der Waals surface area contributed by atoms with Gasteiger partial charge in [-0.15, -0.1) is 10.2 Å². The number of anilines is 2. The lowest BCUT2D eigenvalue weighted by Gasteiger charge is -2.42. The molecule has 1 saturated carbocycles. The summed E-state index contributed by atoms with van der Waals surface area (Å²) in [6.45, 7) is 2.35. The van der Waals surface area contributed by atoms with Crippen molar-refractivity contribution in [1.29, 1.82) is 0 Å². The van der Waals surface area contributed by atoms with Gasteiger partial charge in [-0.3, -0.25) is 4.68 Å². The summed E-state index contributed by atoms with van der Waals surface area (Å²) < 4.78 is 47.5. The fourth-order valence-electron chi connectivity index (χ4n) is 5.06. The molecule has 1 atom stereocenters. The number of aromatic nitrogens is 7. The minimum absolute atomic E-state index is 0. The molecule has 4 aromatic heterocycles. The summed E-state index contributed by atoms with van der Waals surface area (Å²) in [6, 6.07) is 5.48. The van der Waals surface area contributed by atoms with E-state index in [0.717, 1.165) is 16.9 Å². The Morgan fingerprint density at radius 2 is 1.97 bits per heavy atom. The molecule has 4 aromatic rings. The van der Waals surface area contributed by atoms with Crippen molar-refractivity contribution in [3.8, 4) is 22.6 Å². The smallest absolute Gasteiger partial charge is 0.340 e. The Morgan fingerprint density at radius 1 is 1.19 bits per heavy atom. The van der Waals surface area contributed by atoms with Crippen LogP contribution in [0.1, 0.15) is 38.1 Å². The molecule has 0 amide bonds. The van der Waals surface area contributed by atoms with E-state index in [1.807, 2.05) is 42.9 Å². The van der Waals surface area contributed by atoms with Gasteiger partial charge in [-0.05, 0) is 31.9 Å². The predicted molar refractivity (Wildman–Crippen MR) is 135 cm³/mol. The van der Waals surface area contributed by atoms with Crippen LogP contribution in [-0.4, -0.2) is 40.3 Å². The second-order valence-electron chi connectivity index (χ2n) is 9.28. The molecule has 8 nitrogen and oxygen atoms in total. The van der Waals surface area contributed by atoms with Gasteiger partial charge < -0.3 is 14.5 Å². The van der Waals surface area contributed by atoms with Crippen LogP contribution in [0.5, 0.6) is 0 Å². The lowest BCUT2D eigenvalue weighted by molar-refractivity contribution is -0.216. The zero-order valence-electron chi connectivity index (χ0n) is 19.5. The van der Waals surface area contributed by atoms with Gasteiger partial charge in [0.1, 0.15) is 22.9 Å². The third kappa shape index (κ3) is 3.61. The molecular weight excluding hydrogens is 513 g/mol. The molecule has 190 valence electrons. The minimum Gasteiger partial charge on any atom is -0.340 e. The number of nitrogens with zero attached hydrogens (tertiary/aromatic N) is 7. The van der Waals surface area contributed by atoms with E-state index in [4.69, 9.17) is 11.6 Å². The Bertz CT molecular complexity index is 1440. The van der Waals surface area contributed by atoms with Crippen LogP contribution in [-0.2, 0) is 19.0 Å². The number of rotatable bonds is 4. The van der Waals surface area contributed by atoms with Crippen molar-refractivity contribution in [2.45, 2.75) is 50.4 Å². The van der Waals surface area contributed by atoms with Crippen molar-refractivity contribution in [1.82, 2.24) is 34.1 Å². The first kappa shape index (κ1) is 24.7. The van der Waals surface area contributed by atoms with Crippen LogP contribution < -0.4 is 5.32 Å². The van der Waals surface area contributed by atoms with Gasteiger partial charge in [-0.1, -0.05) is 18.0 Å². The van der Waals surface area contributed by atoms with E-state index in [-0.39, 0.29) is 38.2 Å². The van der Waals surface area contributed by atoms with Gasteiger partial charge in [0.05, 0.1) is 16.9 Å². The van der Waals surface area contributed by atoms with Crippen LogP contribution in [0, 0.1) is 0 Å². The van der Waals surface area contributed by atoms with Gasteiger partial charge in [0.2, 0.25) is 0 Å². The summed E-state index contributed by atoms with van der Waals surface area (Å²) in [5.74, 6) is 1.83. The summed E-state index contributed by atoms with van der Waals surface area (Å²) in [5.41, 5.74) is 0.371. The maximum Gasteiger partial charge on any atom is 0.401 e. The van der Waals surface area contributed by atoms with E-state index in [2.05, 4.69) is 25.6 Å². The monoisotopic (exact) mass is 536 g/mol. The predicted octanol–water partition coefficient (Wildman–Crippen LogP) is 5.61. The molecule has 5 heterocycles. The first-order valence-electron chi connectivity index (χ1n) is 11.3. The van der Waals surface area contributed by atoms with Crippen molar-refractivity contribution in [2.24, 2.45) is 7.05 Å². The number of halogens is 4. The molecule has 0 aromatic carbocycles. The summed E-state index contributed by atoms with van der Waals surface area (Å²) in [7, 11) is 1.82. The normalized spacial score (nSPS) is 18.1. The largest absolute Gasteiger partial charge is 0.401 e. The SMILES string of the molecule is C[C@H]1Cn2c(nnc2C2(C(F)(F)F)CCC2)-c2cc(-c3cc(Nc4ccnn4C)ncc3Cl)cn21.S. The number of pyridine rings is 1. The van der Waals surface area contributed by atoms with Crippen LogP contribution in [0.15, 0.2) is 36.8 Å². The molecule has 13 heteroatoms. The zero-order chi connectivity index (χ0) is 24.5. The standard InChI is InChI=1S/C23H22ClF3N8.H2S/c1-13-11-35-20(31-32-21(35)22(5-3-6-22)23(25,26)27)17-8-14(12-34(13)17)15-9-18(28-10-16(15)24)30-19-4-7-29-33(19)2;/h4,7-10,12-13H,3,5-6,11H2,1-2H3,(H,28,30);1H2/t13-;/m0./s1. The first-order chi connectivity index (χ1) is 16.7. The highest BCUT2D eigenvalue weighted by atomic mass is 35.5. The first-order valence-corrected chi connectivity index (χ1v) is 11.7. The highest BCUT2D eigenvalue weighted by Crippen LogP contribution is 2.55. The number of aryl methyl sites for hydroxylation is 1. The fraction of sp³-hybridized carbons (Fsp3) is 0.391. The Kier molecular flexibility index (Phi) is 5.86. The molecule has 0 spiro atoms. The Balaban J connectivity index is 0.00000267. The zero-order valence-corrected chi connectivity index (χ0v) is 21.3. The average molecular weight is 537 g/mol. The Morgan fingerprint density at radius 3 is 2.61 bits per heavy atom. The third-order valence-corrected chi connectivity index (χ3v) is 7.47. The van der Waals surface area contributed by atoms with Gasteiger partial charge in [0, 0.05) is 49.2 Å². The van der Waals surface area contributed by atoms with Gasteiger partial charge in [-0.2, -0.15) is 31.8 Å². The number of hydrogen-bond acceptors (Lipinski definition) is 5. The van der Waals surface area contributed by atoms with Gasteiger partial charge in [0.25, 0.3) is 0 Å². The van der Waals surface area contributed by atoms with E-state index in [0.29, 0.717) is 35.3 Å². The van der Waals surface area contributed by atoms with E-state index in [1.54, 1.807) is 21.6 Å². The molecular formula is C23H24ClF3N8S. The van der Waals surface area contributed by atoms with Gasteiger partial charge in [-0.25, -0.2) is 4.98 Å². The molecule has 0 radical (unpaired) electrons. The van der Waals surface area contributed by atoms with Crippen LogP contribution in [0.4, 0.5) is 24.8 Å². The second kappa shape index (κ2) is 8.55. The summed E-state index contributed by atoms with van der Waals surface area (Å²) in [5, 5.41) is 16.1. The van der Waals surface area contributed by atoms with E-state index in [9.17, 15) is 13.2 Å². The van der Waals surface area contributed by atoms with Gasteiger partial charge >= 0.3 is 6.18 Å². The van der Waals surface area contributed by atoms with E-state index >= 15 is 0 Å². The molecule has 1 fully saturated rings. The summed E-state index contributed by atoms with van der Waals surface area (Å²) in [4.78, 5) is 4.36.